The normalized spacial score (nSPS) is 19.4. The molecule has 0 bridgehead atoms. The standard InChI is InChI=1S/C14H26N6/c1-5-7-18-8-10-19(11-9-18)13(6-2)14-15-16-17-20(14)12(3)4/h5,12-13H,1,6-11H2,2-4H3. The topological polar surface area (TPSA) is 50.1 Å². The first-order valence-corrected chi connectivity index (χ1v) is 7.52. The van der Waals surface area contributed by atoms with Gasteiger partial charge in [-0.3, -0.25) is 9.80 Å². The van der Waals surface area contributed by atoms with Gasteiger partial charge in [-0.15, -0.1) is 11.7 Å². The summed E-state index contributed by atoms with van der Waals surface area (Å²) in [6.07, 6.45) is 3.01. The molecule has 0 aliphatic carbocycles. The SMILES string of the molecule is C=CCN1CCN(C(CC)c2nnnn2C(C)C)CC1. The fourth-order valence-corrected chi connectivity index (χ4v) is 2.83. The summed E-state index contributed by atoms with van der Waals surface area (Å²) in [6, 6.07) is 0.620. The lowest BCUT2D eigenvalue weighted by Crippen LogP contribution is -2.47. The second kappa shape index (κ2) is 6.95. The summed E-state index contributed by atoms with van der Waals surface area (Å²) < 4.78 is 1.95. The van der Waals surface area contributed by atoms with Gasteiger partial charge >= 0.3 is 0 Å². The van der Waals surface area contributed by atoms with Crippen LogP contribution < -0.4 is 0 Å². The first-order chi connectivity index (χ1) is 9.67. The smallest absolute Gasteiger partial charge is 0.168 e. The minimum absolute atomic E-state index is 0.302. The average molecular weight is 278 g/mol. The van der Waals surface area contributed by atoms with Crippen LogP contribution in [0.5, 0.6) is 0 Å². The van der Waals surface area contributed by atoms with E-state index in [1.54, 1.807) is 0 Å². The lowest BCUT2D eigenvalue weighted by Gasteiger charge is -2.38. The van der Waals surface area contributed by atoms with Gasteiger partial charge in [0.25, 0.3) is 0 Å². The molecule has 1 unspecified atom stereocenters. The summed E-state index contributed by atoms with van der Waals surface area (Å²) in [5.41, 5.74) is 0. The molecule has 6 nitrogen and oxygen atoms in total. The van der Waals surface area contributed by atoms with Crippen molar-refractivity contribution in [1.29, 1.82) is 0 Å². The number of tetrazole rings is 1. The Bertz CT molecular complexity index is 419. The van der Waals surface area contributed by atoms with E-state index < -0.39 is 0 Å². The van der Waals surface area contributed by atoms with Gasteiger partial charge < -0.3 is 0 Å². The molecule has 0 N–H and O–H groups in total. The molecule has 1 aromatic rings. The fraction of sp³-hybridized carbons (Fsp3) is 0.786. The summed E-state index contributed by atoms with van der Waals surface area (Å²) in [5, 5.41) is 12.3. The fourth-order valence-electron chi connectivity index (χ4n) is 2.83. The van der Waals surface area contributed by atoms with Gasteiger partial charge in [0, 0.05) is 32.7 Å². The zero-order valence-electron chi connectivity index (χ0n) is 12.9. The Labute approximate surface area is 121 Å². The van der Waals surface area contributed by atoms with Crippen LogP contribution >= 0.6 is 0 Å². The Morgan fingerprint density at radius 1 is 1.25 bits per heavy atom. The van der Waals surface area contributed by atoms with E-state index in [-0.39, 0.29) is 0 Å². The minimum atomic E-state index is 0.302. The van der Waals surface area contributed by atoms with Crippen LogP contribution in [0.4, 0.5) is 0 Å². The van der Waals surface area contributed by atoms with Crippen LogP contribution in [0.1, 0.15) is 45.1 Å². The van der Waals surface area contributed by atoms with Crippen LogP contribution in [-0.4, -0.2) is 62.7 Å². The molecule has 20 heavy (non-hydrogen) atoms. The van der Waals surface area contributed by atoms with Gasteiger partial charge in [0.2, 0.25) is 0 Å². The molecule has 1 fully saturated rings. The molecular formula is C14H26N6. The Kier molecular flexibility index (Phi) is 5.25. The summed E-state index contributed by atoms with van der Waals surface area (Å²) in [7, 11) is 0. The summed E-state index contributed by atoms with van der Waals surface area (Å²) in [4.78, 5) is 4.94. The number of rotatable bonds is 6. The molecule has 1 aliphatic heterocycles. The van der Waals surface area contributed by atoms with Crippen LogP contribution in [0.3, 0.4) is 0 Å². The highest BCUT2D eigenvalue weighted by molar-refractivity contribution is 4.95. The number of piperazine rings is 1. The van der Waals surface area contributed by atoms with Gasteiger partial charge in [0.15, 0.2) is 5.82 Å². The maximum atomic E-state index is 4.27. The highest BCUT2D eigenvalue weighted by atomic mass is 15.6. The molecule has 0 saturated carbocycles. The third-order valence-electron chi connectivity index (χ3n) is 3.93. The van der Waals surface area contributed by atoms with Gasteiger partial charge in [-0.2, -0.15) is 0 Å². The van der Waals surface area contributed by atoms with Crippen LogP contribution in [0.25, 0.3) is 0 Å². The summed E-state index contributed by atoms with van der Waals surface area (Å²) in [5.74, 6) is 1.000. The van der Waals surface area contributed by atoms with Crippen LogP contribution in [-0.2, 0) is 0 Å². The van der Waals surface area contributed by atoms with Crippen molar-refractivity contribution >= 4 is 0 Å². The van der Waals surface area contributed by atoms with Crippen molar-refractivity contribution in [3.05, 3.63) is 18.5 Å². The quantitative estimate of drug-likeness (QED) is 0.738. The van der Waals surface area contributed by atoms with Crippen LogP contribution in [0.2, 0.25) is 0 Å². The number of aromatic nitrogens is 4. The maximum absolute atomic E-state index is 4.27. The maximum Gasteiger partial charge on any atom is 0.168 e. The second-order valence-electron chi connectivity index (χ2n) is 5.62. The molecule has 1 atom stereocenters. The van der Waals surface area contributed by atoms with Gasteiger partial charge in [-0.05, 0) is 30.7 Å². The van der Waals surface area contributed by atoms with Crippen molar-refractivity contribution in [2.24, 2.45) is 0 Å². The average Bonchev–Trinajstić information content (AvgIpc) is 2.91. The molecular weight excluding hydrogens is 252 g/mol. The number of hydrogen-bond acceptors (Lipinski definition) is 5. The third kappa shape index (κ3) is 3.24. The van der Waals surface area contributed by atoms with E-state index in [1.165, 1.54) is 0 Å². The van der Waals surface area contributed by atoms with Crippen molar-refractivity contribution in [3.63, 3.8) is 0 Å². The highest BCUT2D eigenvalue weighted by Gasteiger charge is 2.27. The summed E-state index contributed by atoms with van der Waals surface area (Å²) >= 11 is 0. The molecule has 1 saturated heterocycles. The van der Waals surface area contributed by atoms with E-state index in [0.717, 1.165) is 45.0 Å². The van der Waals surface area contributed by atoms with Crippen molar-refractivity contribution in [1.82, 2.24) is 30.0 Å². The number of nitrogens with zero attached hydrogens (tertiary/aromatic N) is 6. The van der Waals surface area contributed by atoms with Crippen molar-refractivity contribution in [2.45, 2.75) is 39.3 Å². The van der Waals surface area contributed by atoms with Crippen molar-refractivity contribution in [3.8, 4) is 0 Å². The first kappa shape index (κ1) is 15.1. The van der Waals surface area contributed by atoms with Crippen molar-refractivity contribution in [2.75, 3.05) is 32.7 Å². The first-order valence-electron chi connectivity index (χ1n) is 7.52. The molecule has 0 radical (unpaired) electrons. The highest BCUT2D eigenvalue weighted by Crippen LogP contribution is 2.24. The van der Waals surface area contributed by atoms with E-state index in [4.69, 9.17) is 0 Å². The minimum Gasteiger partial charge on any atom is -0.297 e. The van der Waals surface area contributed by atoms with Gasteiger partial charge in [0.05, 0.1) is 12.1 Å². The van der Waals surface area contributed by atoms with E-state index in [2.05, 4.69) is 52.7 Å². The van der Waals surface area contributed by atoms with Crippen molar-refractivity contribution < 1.29 is 0 Å². The van der Waals surface area contributed by atoms with E-state index in [0.29, 0.717) is 12.1 Å². The summed E-state index contributed by atoms with van der Waals surface area (Å²) in [6.45, 7) is 15.6. The zero-order chi connectivity index (χ0) is 14.5. The monoisotopic (exact) mass is 278 g/mol. The number of hydrogen-bond donors (Lipinski definition) is 0. The van der Waals surface area contributed by atoms with Crippen LogP contribution in [0.15, 0.2) is 12.7 Å². The Morgan fingerprint density at radius 3 is 2.50 bits per heavy atom. The molecule has 0 aromatic carbocycles. The molecule has 112 valence electrons. The Hall–Kier alpha value is -1.27. The molecule has 6 heteroatoms. The third-order valence-corrected chi connectivity index (χ3v) is 3.93. The Morgan fingerprint density at radius 2 is 1.95 bits per heavy atom. The lowest BCUT2D eigenvalue weighted by atomic mass is 10.1. The van der Waals surface area contributed by atoms with Crippen LogP contribution in [0, 0.1) is 0 Å². The van der Waals surface area contributed by atoms with Gasteiger partial charge in [-0.25, -0.2) is 4.68 Å². The molecule has 0 amide bonds. The molecule has 1 aromatic heterocycles. The van der Waals surface area contributed by atoms with Gasteiger partial charge in [-0.1, -0.05) is 13.0 Å². The molecule has 1 aliphatic rings. The molecule has 0 spiro atoms. The van der Waals surface area contributed by atoms with E-state index in [1.807, 2.05) is 10.8 Å². The van der Waals surface area contributed by atoms with Gasteiger partial charge in [0.1, 0.15) is 0 Å². The molecule has 2 rings (SSSR count). The zero-order valence-corrected chi connectivity index (χ0v) is 12.9. The Balaban J connectivity index is 2.06. The predicted octanol–water partition coefficient (Wildman–Crippen LogP) is 1.51. The van der Waals surface area contributed by atoms with E-state index >= 15 is 0 Å². The molecule has 2 heterocycles. The largest absolute Gasteiger partial charge is 0.297 e. The predicted molar refractivity (Wildman–Crippen MR) is 79.4 cm³/mol. The second-order valence-corrected chi connectivity index (χ2v) is 5.62. The van der Waals surface area contributed by atoms with E-state index in [9.17, 15) is 0 Å². The lowest BCUT2D eigenvalue weighted by molar-refractivity contribution is 0.0941.